The number of carboxylic acids is 2. The number of rotatable bonds is 11. The summed E-state index contributed by atoms with van der Waals surface area (Å²) in [6, 6.07) is 28.1. The van der Waals surface area contributed by atoms with Crippen LogP contribution in [0.25, 0.3) is 0 Å². The standard InChI is InChI=1S/C26H31NO.C4H4O4/c1-20-11-10-12-21(2)26(20)28-19-22(3)27-18-17-25(23-13-6-4-7-14-23)24-15-8-5-9-16-24;5-3(6)1-2-4(7)8/h4-16,22,25,27H,17-19H2,1-3H3;1-2H,(H,5,6)(H,7,8)/b;2-1+. The maximum Gasteiger partial charge on any atom is 0.328 e. The first kappa shape index (κ1) is 28.3. The smallest absolute Gasteiger partial charge is 0.328 e. The molecule has 36 heavy (non-hydrogen) atoms. The minimum absolute atomic E-state index is 0.297. The van der Waals surface area contributed by atoms with Crippen LogP contribution in [0.2, 0.25) is 0 Å². The summed E-state index contributed by atoms with van der Waals surface area (Å²) in [7, 11) is 0. The highest BCUT2D eigenvalue weighted by Gasteiger charge is 2.14. The zero-order valence-corrected chi connectivity index (χ0v) is 21.1. The van der Waals surface area contributed by atoms with Crippen molar-refractivity contribution >= 4 is 11.9 Å². The zero-order chi connectivity index (χ0) is 26.3. The second-order valence-corrected chi connectivity index (χ2v) is 8.56. The predicted octanol–water partition coefficient (Wildman–Crippen LogP) is 5.59. The van der Waals surface area contributed by atoms with Gasteiger partial charge in [-0.3, -0.25) is 0 Å². The van der Waals surface area contributed by atoms with Crippen LogP contribution in [-0.4, -0.2) is 41.3 Å². The highest BCUT2D eigenvalue weighted by molar-refractivity contribution is 5.89. The van der Waals surface area contributed by atoms with Gasteiger partial charge in [-0.05, 0) is 56.0 Å². The number of nitrogens with one attached hydrogen (secondary N) is 1. The van der Waals surface area contributed by atoms with E-state index in [4.69, 9.17) is 14.9 Å². The Bertz CT molecular complexity index is 1040. The molecule has 3 aromatic carbocycles. The lowest BCUT2D eigenvalue weighted by atomic mass is 9.88. The molecule has 6 nitrogen and oxygen atoms in total. The molecule has 0 spiro atoms. The molecule has 3 rings (SSSR count). The molecule has 1 unspecified atom stereocenters. The molecule has 0 aliphatic carbocycles. The van der Waals surface area contributed by atoms with Crippen molar-refractivity contribution in [2.75, 3.05) is 13.2 Å². The van der Waals surface area contributed by atoms with Crippen molar-refractivity contribution in [1.82, 2.24) is 5.32 Å². The first-order chi connectivity index (χ1) is 17.3. The van der Waals surface area contributed by atoms with Crippen molar-refractivity contribution in [1.29, 1.82) is 0 Å². The van der Waals surface area contributed by atoms with Crippen molar-refractivity contribution < 1.29 is 24.5 Å². The average Bonchev–Trinajstić information content (AvgIpc) is 2.86. The van der Waals surface area contributed by atoms with E-state index in [2.05, 4.69) is 105 Å². The van der Waals surface area contributed by atoms with Crippen LogP contribution in [-0.2, 0) is 9.59 Å². The van der Waals surface area contributed by atoms with Crippen LogP contribution in [0.15, 0.2) is 91.0 Å². The van der Waals surface area contributed by atoms with Gasteiger partial charge >= 0.3 is 11.9 Å². The quantitative estimate of drug-likeness (QED) is 0.304. The van der Waals surface area contributed by atoms with Crippen LogP contribution in [0.5, 0.6) is 5.75 Å². The number of aryl methyl sites for hydroxylation is 2. The summed E-state index contributed by atoms with van der Waals surface area (Å²) >= 11 is 0. The lowest BCUT2D eigenvalue weighted by molar-refractivity contribution is -0.134. The number of hydrogen-bond donors (Lipinski definition) is 3. The summed E-state index contributed by atoms with van der Waals surface area (Å²) < 4.78 is 6.09. The van der Waals surface area contributed by atoms with E-state index in [0.29, 0.717) is 30.7 Å². The predicted molar refractivity (Wildman–Crippen MR) is 143 cm³/mol. The molecule has 6 heteroatoms. The number of ether oxygens (including phenoxy) is 1. The third-order valence-electron chi connectivity index (χ3n) is 5.58. The molecule has 0 aliphatic rings. The summed E-state index contributed by atoms with van der Waals surface area (Å²) in [5.74, 6) is -1.09. The highest BCUT2D eigenvalue weighted by Crippen LogP contribution is 2.27. The van der Waals surface area contributed by atoms with Crippen molar-refractivity contribution in [2.45, 2.75) is 39.2 Å². The minimum Gasteiger partial charge on any atom is -0.491 e. The van der Waals surface area contributed by atoms with Gasteiger partial charge in [-0.2, -0.15) is 0 Å². The van der Waals surface area contributed by atoms with E-state index in [0.717, 1.165) is 18.7 Å². The summed E-state index contributed by atoms with van der Waals surface area (Å²) in [5, 5.41) is 19.3. The van der Waals surface area contributed by atoms with Crippen LogP contribution >= 0.6 is 0 Å². The molecule has 0 saturated heterocycles. The Labute approximate surface area is 213 Å². The van der Waals surface area contributed by atoms with Gasteiger partial charge in [0, 0.05) is 24.1 Å². The second-order valence-electron chi connectivity index (χ2n) is 8.56. The van der Waals surface area contributed by atoms with Gasteiger partial charge in [-0.25, -0.2) is 9.59 Å². The monoisotopic (exact) mass is 489 g/mol. The number of carbonyl (C=O) groups is 2. The van der Waals surface area contributed by atoms with Gasteiger partial charge < -0.3 is 20.3 Å². The molecular weight excluding hydrogens is 454 g/mol. The van der Waals surface area contributed by atoms with Gasteiger partial charge in [-0.1, -0.05) is 78.9 Å². The van der Waals surface area contributed by atoms with E-state index in [9.17, 15) is 9.59 Å². The molecule has 0 radical (unpaired) electrons. The summed E-state index contributed by atoms with van der Waals surface area (Å²) in [5.41, 5.74) is 5.13. The summed E-state index contributed by atoms with van der Waals surface area (Å²) in [6.45, 7) is 8.02. The normalized spacial score (nSPS) is 11.6. The molecule has 0 bridgehead atoms. The molecule has 0 heterocycles. The van der Waals surface area contributed by atoms with E-state index in [1.54, 1.807) is 0 Å². The topological polar surface area (TPSA) is 95.9 Å². The molecule has 0 fully saturated rings. The highest BCUT2D eigenvalue weighted by atomic mass is 16.5. The van der Waals surface area contributed by atoms with Gasteiger partial charge in [0.25, 0.3) is 0 Å². The van der Waals surface area contributed by atoms with Gasteiger partial charge in [0.05, 0.1) is 0 Å². The Balaban J connectivity index is 0.000000493. The third-order valence-corrected chi connectivity index (χ3v) is 5.58. The summed E-state index contributed by atoms with van der Waals surface area (Å²) in [4.78, 5) is 19.1. The van der Waals surface area contributed by atoms with Crippen LogP contribution in [0.3, 0.4) is 0 Å². The van der Waals surface area contributed by atoms with E-state index in [1.807, 2.05) is 0 Å². The number of benzene rings is 3. The first-order valence-electron chi connectivity index (χ1n) is 11.9. The van der Waals surface area contributed by atoms with E-state index in [1.165, 1.54) is 22.3 Å². The van der Waals surface area contributed by atoms with Crippen molar-refractivity contribution in [3.8, 4) is 5.75 Å². The Kier molecular flexibility index (Phi) is 11.9. The lowest BCUT2D eigenvalue weighted by Gasteiger charge is -2.21. The average molecular weight is 490 g/mol. The van der Waals surface area contributed by atoms with E-state index >= 15 is 0 Å². The fourth-order valence-electron chi connectivity index (χ4n) is 3.81. The molecule has 0 saturated carbocycles. The van der Waals surface area contributed by atoms with Crippen LogP contribution in [0, 0.1) is 13.8 Å². The number of carboxylic acid groups (broad SMARTS) is 2. The molecule has 3 aromatic rings. The third kappa shape index (κ3) is 10.2. The fraction of sp³-hybridized carbons (Fsp3) is 0.267. The molecule has 0 amide bonds. The van der Waals surface area contributed by atoms with Crippen LogP contribution < -0.4 is 10.1 Å². The van der Waals surface area contributed by atoms with Gasteiger partial charge in [0.2, 0.25) is 0 Å². The number of hydrogen-bond acceptors (Lipinski definition) is 4. The fourth-order valence-corrected chi connectivity index (χ4v) is 3.81. The lowest BCUT2D eigenvalue weighted by Crippen LogP contribution is -2.33. The summed E-state index contributed by atoms with van der Waals surface area (Å²) in [6.07, 6.45) is 2.17. The molecule has 3 N–H and O–H groups in total. The SMILES string of the molecule is Cc1cccc(C)c1OCC(C)NCCC(c1ccccc1)c1ccccc1.O=C(O)/C=C/C(=O)O. The molecule has 1 atom stereocenters. The van der Waals surface area contributed by atoms with E-state index in [-0.39, 0.29) is 0 Å². The van der Waals surface area contributed by atoms with E-state index < -0.39 is 11.9 Å². The molecule has 0 aromatic heterocycles. The van der Waals surface area contributed by atoms with Crippen molar-refractivity contribution in [2.24, 2.45) is 0 Å². The molecule has 190 valence electrons. The number of aliphatic carboxylic acids is 2. The van der Waals surface area contributed by atoms with Crippen LogP contribution in [0.1, 0.15) is 41.5 Å². The second kappa shape index (κ2) is 15.2. The zero-order valence-electron chi connectivity index (χ0n) is 21.1. The maximum atomic E-state index is 9.55. The minimum atomic E-state index is -1.26. The Morgan fingerprint density at radius 2 is 1.28 bits per heavy atom. The largest absolute Gasteiger partial charge is 0.491 e. The Hall–Kier alpha value is -3.90. The Morgan fingerprint density at radius 3 is 1.72 bits per heavy atom. The molecule has 0 aliphatic heterocycles. The van der Waals surface area contributed by atoms with Gasteiger partial charge in [0.15, 0.2) is 0 Å². The molecular formula is C30H35NO5. The van der Waals surface area contributed by atoms with Crippen molar-refractivity contribution in [3.63, 3.8) is 0 Å². The maximum absolute atomic E-state index is 9.55. The first-order valence-corrected chi connectivity index (χ1v) is 11.9. The Morgan fingerprint density at radius 1 is 0.806 bits per heavy atom. The van der Waals surface area contributed by atoms with Gasteiger partial charge in [0.1, 0.15) is 12.4 Å². The van der Waals surface area contributed by atoms with Gasteiger partial charge in [-0.15, -0.1) is 0 Å². The number of para-hydroxylation sites is 1. The van der Waals surface area contributed by atoms with Crippen LogP contribution in [0.4, 0.5) is 0 Å². The van der Waals surface area contributed by atoms with Crippen molar-refractivity contribution in [3.05, 3.63) is 113 Å².